The topological polar surface area (TPSA) is 41.0 Å². The van der Waals surface area contributed by atoms with E-state index in [1.54, 1.807) is 12.4 Å². The minimum atomic E-state index is 0.529. The highest BCUT2D eigenvalue weighted by atomic mass is 15.2. The lowest BCUT2D eigenvalue weighted by Crippen LogP contribution is -2.35. The third-order valence-corrected chi connectivity index (χ3v) is 2.47. The molecule has 0 aliphatic heterocycles. The number of likely N-dealkylation sites (N-methyl/N-ethyl adjacent to an activating group) is 1. The van der Waals surface area contributed by atoms with Gasteiger partial charge in [-0.05, 0) is 13.8 Å². The molecular formula is C12H22N4. The summed E-state index contributed by atoms with van der Waals surface area (Å²) in [5.74, 6) is 0.996. The minimum Gasteiger partial charge on any atom is -0.354 e. The van der Waals surface area contributed by atoms with Crippen LogP contribution in [0.4, 0.5) is 5.82 Å². The van der Waals surface area contributed by atoms with Gasteiger partial charge in [-0.2, -0.15) is 0 Å². The van der Waals surface area contributed by atoms with Crippen molar-refractivity contribution in [3.8, 4) is 0 Å². The Balaban J connectivity index is 2.57. The van der Waals surface area contributed by atoms with Crippen LogP contribution in [0.5, 0.6) is 0 Å². The molecule has 0 fully saturated rings. The molecule has 4 nitrogen and oxygen atoms in total. The molecule has 1 aromatic heterocycles. The van der Waals surface area contributed by atoms with Crippen LogP contribution in [0.2, 0.25) is 0 Å². The van der Waals surface area contributed by atoms with Crippen LogP contribution in [-0.4, -0.2) is 35.6 Å². The Kier molecular flexibility index (Phi) is 5.19. The number of nitrogens with one attached hydrogen (secondary N) is 1. The van der Waals surface area contributed by atoms with Gasteiger partial charge in [-0.25, -0.2) is 4.98 Å². The Morgan fingerprint density at radius 1 is 1.31 bits per heavy atom. The van der Waals surface area contributed by atoms with Gasteiger partial charge in [0.15, 0.2) is 0 Å². The van der Waals surface area contributed by atoms with Crippen LogP contribution in [0.1, 0.15) is 26.5 Å². The average molecular weight is 222 g/mol. The van der Waals surface area contributed by atoms with Crippen LogP contribution in [0.25, 0.3) is 0 Å². The van der Waals surface area contributed by atoms with E-state index in [-0.39, 0.29) is 0 Å². The highest BCUT2D eigenvalue weighted by Crippen LogP contribution is 2.12. The van der Waals surface area contributed by atoms with Crippen LogP contribution in [0.15, 0.2) is 12.4 Å². The molecule has 0 amide bonds. The third kappa shape index (κ3) is 3.77. The summed E-state index contributed by atoms with van der Waals surface area (Å²) >= 11 is 0. The summed E-state index contributed by atoms with van der Waals surface area (Å²) in [6, 6.07) is 0.529. The number of anilines is 1. The monoisotopic (exact) mass is 222 g/mol. The zero-order valence-electron chi connectivity index (χ0n) is 10.7. The summed E-state index contributed by atoms with van der Waals surface area (Å²) in [5, 5.41) is 3.41. The fourth-order valence-electron chi connectivity index (χ4n) is 1.61. The number of aromatic nitrogens is 2. The van der Waals surface area contributed by atoms with Crippen molar-refractivity contribution in [2.24, 2.45) is 0 Å². The number of nitrogens with zero attached hydrogens (tertiary/aromatic N) is 3. The number of aryl methyl sites for hydroxylation is 1. The molecule has 4 heteroatoms. The van der Waals surface area contributed by atoms with E-state index in [0.717, 1.165) is 31.1 Å². The van der Waals surface area contributed by atoms with E-state index >= 15 is 0 Å². The zero-order chi connectivity index (χ0) is 12.0. The highest BCUT2D eigenvalue weighted by molar-refractivity contribution is 5.41. The van der Waals surface area contributed by atoms with E-state index in [1.165, 1.54) is 0 Å². The molecule has 0 aromatic carbocycles. The van der Waals surface area contributed by atoms with Crippen LogP contribution in [0.3, 0.4) is 0 Å². The Bertz CT molecular complexity index is 312. The molecule has 0 bridgehead atoms. The summed E-state index contributed by atoms with van der Waals surface area (Å²) in [5.41, 5.74) is 0.994. The molecule has 1 rings (SSSR count). The molecule has 1 aromatic rings. The van der Waals surface area contributed by atoms with E-state index in [9.17, 15) is 0 Å². The standard InChI is InChI=1S/C12H22N4/c1-5-16(9-8-13-10(2)3)12-11(4)14-6-7-15-12/h6-7,10,13H,5,8-9H2,1-4H3. The second-order valence-corrected chi connectivity index (χ2v) is 4.15. The molecule has 90 valence electrons. The minimum absolute atomic E-state index is 0.529. The zero-order valence-corrected chi connectivity index (χ0v) is 10.7. The number of hydrogen-bond donors (Lipinski definition) is 1. The Morgan fingerprint density at radius 2 is 2.00 bits per heavy atom. The van der Waals surface area contributed by atoms with E-state index in [1.807, 2.05) is 6.92 Å². The van der Waals surface area contributed by atoms with Crippen molar-refractivity contribution < 1.29 is 0 Å². The van der Waals surface area contributed by atoms with Gasteiger partial charge in [0, 0.05) is 38.1 Å². The van der Waals surface area contributed by atoms with E-state index in [0.29, 0.717) is 6.04 Å². The van der Waals surface area contributed by atoms with Crippen molar-refractivity contribution >= 4 is 5.82 Å². The molecule has 0 aliphatic carbocycles. The molecule has 0 radical (unpaired) electrons. The third-order valence-electron chi connectivity index (χ3n) is 2.47. The fraction of sp³-hybridized carbons (Fsp3) is 0.667. The quantitative estimate of drug-likeness (QED) is 0.794. The van der Waals surface area contributed by atoms with Crippen molar-refractivity contribution in [3.63, 3.8) is 0 Å². The number of rotatable bonds is 6. The molecule has 0 saturated heterocycles. The van der Waals surface area contributed by atoms with Gasteiger partial charge in [0.05, 0.1) is 5.69 Å². The van der Waals surface area contributed by atoms with Gasteiger partial charge in [-0.1, -0.05) is 13.8 Å². The SMILES string of the molecule is CCN(CCNC(C)C)c1nccnc1C. The van der Waals surface area contributed by atoms with Gasteiger partial charge in [-0.15, -0.1) is 0 Å². The first-order valence-electron chi connectivity index (χ1n) is 5.91. The predicted octanol–water partition coefficient (Wildman–Crippen LogP) is 1.61. The summed E-state index contributed by atoms with van der Waals surface area (Å²) in [6.45, 7) is 11.4. The molecule has 0 unspecified atom stereocenters. The lowest BCUT2D eigenvalue weighted by Gasteiger charge is -2.23. The molecule has 0 atom stereocenters. The molecule has 1 N–H and O–H groups in total. The van der Waals surface area contributed by atoms with Crippen molar-refractivity contribution in [1.29, 1.82) is 0 Å². The van der Waals surface area contributed by atoms with Gasteiger partial charge in [-0.3, -0.25) is 4.98 Å². The van der Waals surface area contributed by atoms with Gasteiger partial charge >= 0.3 is 0 Å². The average Bonchev–Trinajstić information content (AvgIpc) is 2.25. The second kappa shape index (κ2) is 6.43. The Labute approximate surface area is 98.1 Å². The maximum Gasteiger partial charge on any atom is 0.150 e. The fourth-order valence-corrected chi connectivity index (χ4v) is 1.61. The van der Waals surface area contributed by atoms with Crippen molar-refractivity contribution in [3.05, 3.63) is 18.1 Å². The first kappa shape index (κ1) is 12.9. The summed E-state index contributed by atoms with van der Waals surface area (Å²) in [6.07, 6.45) is 3.49. The summed E-state index contributed by atoms with van der Waals surface area (Å²) in [7, 11) is 0. The molecule has 0 saturated carbocycles. The van der Waals surface area contributed by atoms with Gasteiger partial charge < -0.3 is 10.2 Å². The molecular weight excluding hydrogens is 200 g/mol. The summed E-state index contributed by atoms with van der Waals surface area (Å²) in [4.78, 5) is 10.9. The Morgan fingerprint density at radius 3 is 2.56 bits per heavy atom. The van der Waals surface area contributed by atoms with Crippen LogP contribution >= 0.6 is 0 Å². The van der Waals surface area contributed by atoms with Crippen LogP contribution in [0, 0.1) is 6.92 Å². The highest BCUT2D eigenvalue weighted by Gasteiger charge is 2.08. The van der Waals surface area contributed by atoms with E-state index in [4.69, 9.17) is 0 Å². The maximum absolute atomic E-state index is 4.38. The molecule has 0 aliphatic rings. The second-order valence-electron chi connectivity index (χ2n) is 4.15. The smallest absolute Gasteiger partial charge is 0.150 e. The first-order chi connectivity index (χ1) is 7.65. The van der Waals surface area contributed by atoms with Gasteiger partial charge in [0.1, 0.15) is 5.82 Å². The van der Waals surface area contributed by atoms with Crippen LogP contribution < -0.4 is 10.2 Å². The predicted molar refractivity (Wildman–Crippen MR) is 67.8 cm³/mol. The van der Waals surface area contributed by atoms with E-state index in [2.05, 4.69) is 41.0 Å². The molecule has 0 spiro atoms. The van der Waals surface area contributed by atoms with Crippen molar-refractivity contribution in [1.82, 2.24) is 15.3 Å². The summed E-state index contributed by atoms with van der Waals surface area (Å²) < 4.78 is 0. The lowest BCUT2D eigenvalue weighted by molar-refractivity contribution is 0.581. The number of hydrogen-bond acceptors (Lipinski definition) is 4. The van der Waals surface area contributed by atoms with Crippen LogP contribution in [-0.2, 0) is 0 Å². The van der Waals surface area contributed by atoms with Gasteiger partial charge in [0.25, 0.3) is 0 Å². The van der Waals surface area contributed by atoms with Crippen molar-refractivity contribution in [2.75, 3.05) is 24.5 Å². The van der Waals surface area contributed by atoms with Gasteiger partial charge in [0.2, 0.25) is 0 Å². The normalized spacial score (nSPS) is 10.8. The van der Waals surface area contributed by atoms with Crippen molar-refractivity contribution in [2.45, 2.75) is 33.7 Å². The largest absolute Gasteiger partial charge is 0.354 e. The molecule has 1 heterocycles. The lowest BCUT2D eigenvalue weighted by atomic mass is 10.3. The molecule has 16 heavy (non-hydrogen) atoms. The first-order valence-corrected chi connectivity index (χ1v) is 5.91. The maximum atomic E-state index is 4.38. The van der Waals surface area contributed by atoms with E-state index < -0.39 is 0 Å². The Hall–Kier alpha value is -1.16.